The van der Waals surface area contributed by atoms with Crippen molar-refractivity contribution >= 4 is 52.1 Å². The first-order chi connectivity index (χ1) is 8.19. The number of nitrogen functional groups attached to an aromatic ring is 1. The molecule has 0 fully saturated rings. The lowest BCUT2D eigenvalue weighted by molar-refractivity contribution is 0.955. The summed E-state index contributed by atoms with van der Waals surface area (Å²) in [4.78, 5) is 0. The Hall–Kier alpha value is -0.430. The van der Waals surface area contributed by atoms with Gasteiger partial charge in [0.15, 0.2) is 8.68 Å². The molecule has 0 aliphatic heterocycles. The smallest absolute Gasteiger partial charge is 0.175 e. The van der Waals surface area contributed by atoms with Gasteiger partial charge in [0.05, 0.1) is 10.7 Å². The summed E-state index contributed by atoms with van der Waals surface area (Å²) in [6.07, 6.45) is 1.99. The number of halogens is 1. The van der Waals surface area contributed by atoms with Crippen LogP contribution in [0.15, 0.2) is 26.9 Å². The Morgan fingerprint density at radius 3 is 2.76 bits per heavy atom. The van der Waals surface area contributed by atoms with E-state index in [4.69, 9.17) is 17.3 Å². The Balaban J connectivity index is 1.99. The van der Waals surface area contributed by atoms with Gasteiger partial charge in [0.1, 0.15) is 0 Å². The number of anilines is 1. The molecule has 0 spiro atoms. The summed E-state index contributed by atoms with van der Waals surface area (Å²) in [7, 11) is 0. The number of benzene rings is 1. The number of rotatable bonds is 4. The van der Waals surface area contributed by atoms with E-state index in [9.17, 15) is 0 Å². The number of aromatic nitrogens is 2. The van der Waals surface area contributed by atoms with Crippen LogP contribution in [0.25, 0.3) is 0 Å². The maximum absolute atomic E-state index is 5.87. The van der Waals surface area contributed by atoms with Gasteiger partial charge in [-0.25, -0.2) is 0 Å². The topological polar surface area (TPSA) is 51.8 Å². The Morgan fingerprint density at radius 1 is 1.35 bits per heavy atom. The summed E-state index contributed by atoms with van der Waals surface area (Å²) in [6.45, 7) is 0. The summed E-state index contributed by atoms with van der Waals surface area (Å²) >= 11 is 10.7. The molecule has 7 heteroatoms. The fraction of sp³-hybridized carbons (Fsp3) is 0.200. The van der Waals surface area contributed by atoms with Gasteiger partial charge in [-0.2, -0.15) is 0 Å². The molecule has 0 bridgehead atoms. The molecular weight excluding hydrogens is 294 g/mol. The Bertz CT molecular complexity index is 515. The molecule has 90 valence electrons. The summed E-state index contributed by atoms with van der Waals surface area (Å²) in [5.74, 6) is 0.824. The summed E-state index contributed by atoms with van der Waals surface area (Å²) in [5, 5.41) is 8.74. The Morgan fingerprint density at radius 2 is 2.12 bits per heavy atom. The second-order valence-corrected chi connectivity index (χ2v) is 6.84. The molecule has 0 unspecified atom stereocenters. The van der Waals surface area contributed by atoms with Gasteiger partial charge < -0.3 is 5.73 Å². The second-order valence-electron chi connectivity index (χ2n) is 3.18. The number of hydrogen-bond donors (Lipinski definition) is 1. The van der Waals surface area contributed by atoms with Crippen LogP contribution in [-0.2, 0) is 5.75 Å². The predicted molar refractivity (Wildman–Crippen MR) is 77.1 cm³/mol. The van der Waals surface area contributed by atoms with Crippen molar-refractivity contribution in [3.05, 3.63) is 28.8 Å². The van der Waals surface area contributed by atoms with Crippen molar-refractivity contribution in [1.82, 2.24) is 10.2 Å². The van der Waals surface area contributed by atoms with Crippen molar-refractivity contribution in [2.24, 2.45) is 0 Å². The molecule has 0 aliphatic rings. The van der Waals surface area contributed by atoms with E-state index in [2.05, 4.69) is 10.2 Å². The van der Waals surface area contributed by atoms with Crippen molar-refractivity contribution in [3.8, 4) is 0 Å². The molecule has 0 aliphatic carbocycles. The molecule has 1 aromatic heterocycles. The molecule has 1 aromatic carbocycles. The molecule has 0 saturated heterocycles. The predicted octanol–water partition coefficient (Wildman–Crippen LogP) is 3.79. The lowest BCUT2D eigenvalue weighted by atomic mass is 10.2. The van der Waals surface area contributed by atoms with E-state index in [-0.39, 0.29) is 0 Å². The number of thioether (sulfide) groups is 2. The van der Waals surface area contributed by atoms with Gasteiger partial charge in [0, 0.05) is 5.75 Å². The molecule has 2 N–H and O–H groups in total. The number of nitrogens with zero attached hydrogens (tertiary/aromatic N) is 2. The summed E-state index contributed by atoms with van der Waals surface area (Å²) in [5.41, 5.74) is 7.50. The van der Waals surface area contributed by atoms with Gasteiger partial charge in [-0.1, -0.05) is 52.5 Å². The van der Waals surface area contributed by atoms with E-state index in [0.717, 1.165) is 20.0 Å². The zero-order valence-electron chi connectivity index (χ0n) is 9.01. The van der Waals surface area contributed by atoms with E-state index in [1.165, 1.54) is 0 Å². The fourth-order valence-corrected chi connectivity index (χ4v) is 3.66. The highest BCUT2D eigenvalue weighted by Crippen LogP contribution is 2.30. The lowest BCUT2D eigenvalue weighted by Crippen LogP contribution is -1.88. The third kappa shape index (κ3) is 3.51. The van der Waals surface area contributed by atoms with Crippen LogP contribution in [0, 0.1) is 0 Å². The van der Waals surface area contributed by atoms with Crippen LogP contribution in [0.1, 0.15) is 5.56 Å². The highest BCUT2D eigenvalue weighted by atomic mass is 35.5. The maximum atomic E-state index is 5.87. The molecule has 3 nitrogen and oxygen atoms in total. The quantitative estimate of drug-likeness (QED) is 0.688. The van der Waals surface area contributed by atoms with Crippen LogP contribution in [0.4, 0.5) is 5.69 Å². The van der Waals surface area contributed by atoms with Crippen molar-refractivity contribution in [2.45, 2.75) is 14.4 Å². The molecule has 0 saturated carbocycles. The Kier molecular flexibility index (Phi) is 4.55. The highest BCUT2D eigenvalue weighted by Gasteiger charge is 2.05. The van der Waals surface area contributed by atoms with Gasteiger partial charge >= 0.3 is 0 Å². The van der Waals surface area contributed by atoms with E-state index in [1.807, 2.05) is 24.5 Å². The van der Waals surface area contributed by atoms with Crippen LogP contribution in [0.3, 0.4) is 0 Å². The Labute approximate surface area is 117 Å². The van der Waals surface area contributed by atoms with E-state index >= 15 is 0 Å². The van der Waals surface area contributed by atoms with Crippen LogP contribution < -0.4 is 5.73 Å². The van der Waals surface area contributed by atoms with Crippen molar-refractivity contribution in [2.75, 3.05) is 12.0 Å². The standard InChI is InChI=1S/C10H10ClN3S3/c1-15-9-13-14-10(17-9)16-5-6-2-3-7(11)8(12)4-6/h2-4H,5,12H2,1H3. The second kappa shape index (κ2) is 5.95. The molecule has 0 radical (unpaired) electrons. The highest BCUT2D eigenvalue weighted by molar-refractivity contribution is 8.02. The third-order valence-corrected chi connectivity index (χ3v) is 5.43. The molecule has 2 rings (SSSR count). The minimum atomic E-state index is 0.597. The summed E-state index contributed by atoms with van der Waals surface area (Å²) in [6, 6.07) is 5.69. The monoisotopic (exact) mass is 303 g/mol. The molecule has 1 heterocycles. The van der Waals surface area contributed by atoms with Gasteiger partial charge in [-0.05, 0) is 24.0 Å². The van der Waals surface area contributed by atoms with Gasteiger partial charge in [0.2, 0.25) is 0 Å². The van der Waals surface area contributed by atoms with Gasteiger partial charge in [0.25, 0.3) is 0 Å². The minimum Gasteiger partial charge on any atom is -0.398 e. The van der Waals surface area contributed by atoms with E-state index < -0.39 is 0 Å². The van der Waals surface area contributed by atoms with Crippen molar-refractivity contribution in [1.29, 1.82) is 0 Å². The SMILES string of the molecule is CSc1nnc(SCc2ccc(Cl)c(N)c2)s1. The molecular formula is C10H10ClN3S3. The number of hydrogen-bond acceptors (Lipinski definition) is 6. The summed E-state index contributed by atoms with van der Waals surface area (Å²) < 4.78 is 1.96. The first kappa shape index (κ1) is 13.0. The first-order valence-corrected chi connectivity index (χ1v) is 8.13. The van der Waals surface area contributed by atoms with Crippen molar-refractivity contribution < 1.29 is 0 Å². The van der Waals surface area contributed by atoms with E-state index in [0.29, 0.717) is 10.7 Å². The average molecular weight is 304 g/mol. The lowest BCUT2D eigenvalue weighted by Gasteiger charge is -2.02. The van der Waals surface area contributed by atoms with E-state index in [1.54, 1.807) is 34.9 Å². The first-order valence-electron chi connectivity index (χ1n) is 4.73. The fourth-order valence-electron chi connectivity index (χ4n) is 1.17. The molecule has 2 aromatic rings. The molecule has 0 atom stereocenters. The van der Waals surface area contributed by atoms with Crippen LogP contribution >= 0.6 is 46.5 Å². The average Bonchev–Trinajstić information content (AvgIpc) is 2.79. The van der Waals surface area contributed by atoms with Crippen LogP contribution in [0.2, 0.25) is 5.02 Å². The third-order valence-electron chi connectivity index (χ3n) is 1.99. The molecule has 0 amide bonds. The van der Waals surface area contributed by atoms with Crippen molar-refractivity contribution in [3.63, 3.8) is 0 Å². The molecule has 17 heavy (non-hydrogen) atoms. The minimum absolute atomic E-state index is 0.597. The largest absolute Gasteiger partial charge is 0.398 e. The zero-order valence-corrected chi connectivity index (χ0v) is 12.2. The van der Waals surface area contributed by atoms with Gasteiger partial charge in [-0.3, -0.25) is 0 Å². The zero-order chi connectivity index (χ0) is 12.3. The van der Waals surface area contributed by atoms with Crippen LogP contribution in [-0.4, -0.2) is 16.5 Å². The maximum Gasteiger partial charge on any atom is 0.175 e. The van der Waals surface area contributed by atoms with Gasteiger partial charge in [-0.15, -0.1) is 10.2 Å². The normalized spacial score (nSPS) is 10.7. The number of nitrogens with two attached hydrogens (primary N) is 1. The van der Waals surface area contributed by atoms with Crippen LogP contribution in [0.5, 0.6) is 0 Å².